The van der Waals surface area contributed by atoms with Crippen LogP contribution < -0.4 is 5.56 Å². The number of halogens is 3. The van der Waals surface area contributed by atoms with Crippen LogP contribution in [0, 0.1) is 0 Å². The molecule has 2 aromatic heterocycles. The first-order valence-electron chi connectivity index (χ1n) is 8.27. The normalized spacial score (nSPS) is 15.4. The maximum Gasteiger partial charge on any atom is 0.449 e. The maximum absolute atomic E-state index is 12.9. The van der Waals surface area contributed by atoms with Crippen LogP contribution in [0.3, 0.4) is 0 Å². The van der Waals surface area contributed by atoms with Crippen molar-refractivity contribution in [2.24, 2.45) is 7.05 Å². The summed E-state index contributed by atoms with van der Waals surface area (Å²) in [5.74, 6) is -1.23. The van der Waals surface area contributed by atoms with Crippen molar-refractivity contribution in [3.63, 3.8) is 0 Å². The van der Waals surface area contributed by atoms with E-state index in [0.717, 1.165) is 16.5 Å². The zero-order valence-corrected chi connectivity index (χ0v) is 14.1. The van der Waals surface area contributed by atoms with Crippen LogP contribution >= 0.6 is 0 Å². The molecular weight excluding hydrogens is 345 g/mol. The molecule has 136 valence electrons. The third-order valence-electron chi connectivity index (χ3n) is 4.79. The molecule has 0 fully saturated rings. The molecule has 0 radical (unpaired) electrons. The molecule has 1 aliphatic rings. The van der Waals surface area contributed by atoms with Crippen molar-refractivity contribution in [2.75, 3.05) is 6.54 Å². The first-order valence-corrected chi connectivity index (χ1v) is 8.27. The first kappa shape index (κ1) is 16.8. The van der Waals surface area contributed by atoms with Crippen LogP contribution in [0.25, 0.3) is 10.9 Å². The summed E-state index contributed by atoms with van der Waals surface area (Å²) in [7, 11) is 1.97. The third-order valence-corrected chi connectivity index (χ3v) is 4.79. The largest absolute Gasteiger partial charge is 0.449 e. The van der Waals surface area contributed by atoms with Gasteiger partial charge in [0.15, 0.2) is 0 Å². The molecule has 3 aromatic rings. The van der Waals surface area contributed by atoms with Gasteiger partial charge >= 0.3 is 6.18 Å². The Bertz CT molecular complexity index is 1040. The summed E-state index contributed by atoms with van der Waals surface area (Å²) in [5, 5.41) is 1.12. The Morgan fingerprint density at radius 1 is 1.27 bits per heavy atom. The second-order valence-corrected chi connectivity index (χ2v) is 6.58. The average molecular weight is 362 g/mol. The fraction of sp³-hybridized carbons (Fsp3) is 0.333. The molecule has 4 rings (SSSR count). The first-order chi connectivity index (χ1) is 12.3. The van der Waals surface area contributed by atoms with Crippen molar-refractivity contribution in [3.05, 3.63) is 63.5 Å². The summed E-state index contributed by atoms with van der Waals surface area (Å²) in [6, 6.07) is 8.00. The van der Waals surface area contributed by atoms with E-state index in [9.17, 15) is 18.0 Å². The van der Waals surface area contributed by atoms with E-state index in [1.807, 2.05) is 52.0 Å². The minimum absolute atomic E-state index is 0.215. The van der Waals surface area contributed by atoms with Crippen LogP contribution in [0.2, 0.25) is 0 Å². The Morgan fingerprint density at radius 2 is 2.04 bits per heavy atom. The number of para-hydroxylation sites is 1. The lowest BCUT2D eigenvalue weighted by atomic mass is 10.1. The van der Waals surface area contributed by atoms with Crippen molar-refractivity contribution < 1.29 is 13.2 Å². The Kier molecular flexibility index (Phi) is 3.87. The molecule has 0 saturated heterocycles. The standard InChI is InChI=1S/C18H17F3N4O/c1-24-8-11(12-4-2-3-5-15(12)24)9-25-7-6-13-14(10-25)22-17(18(19,20)21)23-16(13)26/h2-5,8H,6-7,9-10H2,1H3,(H,22,23,26). The van der Waals surface area contributed by atoms with Gasteiger partial charge in [0.05, 0.1) is 5.69 Å². The van der Waals surface area contributed by atoms with Crippen LogP contribution in [0.4, 0.5) is 13.2 Å². The summed E-state index contributed by atoms with van der Waals surface area (Å²) in [4.78, 5) is 19.5. The van der Waals surface area contributed by atoms with E-state index in [0.29, 0.717) is 25.1 Å². The summed E-state index contributed by atoms with van der Waals surface area (Å²) >= 11 is 0. The molecule has 0 amide bonds. The van der Waals surface area contributed by atoms with Gasteiger partial charge in [-0.2, -0.15) is 13.2 Å². The highest BCUT2D eigenvalue weighted by Gasteiger charge is 2.36. The minimum atomic E-state index is -4.66. The van der Waals surface area contributed by atoms with E-state index in [2.05, 4.69) is 4.98 Å². The molecule has 5 nitrogen and oxygen atoms in total. The number of alkyl halides is 3. The number of benzene rings is 1. The lowest BCUT2D eigenvalue weighted by molar-refractivity contribution is -0.145. The topological polar surface area (TPSA) is 53.9 Å². The van der Waals surface area contributed by atoms with Gasteiger partial charge in [0.25, 0.3) is 5.56 Å². The molecule has 0 saturated carbocycles. The van der Waals surface area contributed by atoms with Crippen molar-refractivity contribution >= 4 is 10.9 Å². The number of H-pyrrole nitrogens is 1. The maximum atomic E-state index is 12.9. The van der Waals surface area contributed by atoms with Gasteiger partial charge in [-0.25, -0.2) is 4.98 Å². The van der Waals surface area contributed by atoms with Gasteiger partial charge in [-0.3, -0.25) is 9.69 Å². The van der Waals surface area contributed by atoms with E-state index < -0.39 is 17.6 Å². The number of rotatable bonds is 2. The Hall–Kier alpha value is -2.61. The van der Waals surface area contributed by atoms with E-state index in [4.69, 9.17) is 0 Å². The molecule has 8 heteroatoms. The number of nitrogens with one attached hydrogen (secondary N) is 1. The van der Waals surface area contributed by atoms with Crippen LogP contribution in [0.15, 0.2) is 35.3 Å². The molecule has 0 unspecified atom stereocenters. The second kappa shape index (κ2) is 5.98. The second-order valence-electron chi connectivity index (χ2n) is 6.58. The van der Waals surface area contributed by atoms with Gasteiger partial charge in [0.1, 0.15) is 0 Å². The molecule has 1 aromatic carbocycles. The quantitative estimate of drug-likeness (QED) is 0.763. The molecule has 0 aliphatic carbocycles. The third kappa shape index (κ3) is 2.90. The predicted octanol–water partition coefficient (Wildman–Crippen LogP) is 2.84. The van der Waals surface area contributed by atoms with Crippen molar-refractivity contribution in [1.29, 1.82) is 0 Å². The molecule has 1 N–H and O–H groups in total. The Labute approximate surface area is 147 Å². The Morgan fingerprint density at radius 3 is 2.81 bits per heavy atom. The fourth-order valence-corrected chi connectivity index (χ4v) is 3.56. The fourth-order valence-electron chi connectivity index (χ4n) is 3.56. The number of hydrogen-bond acceptors (Lipinski definition) is 3. The van der Waals surface area contributed by atoms with Crippen LogP contribution in [-0.2, 0) is 32.7 Å². The van der Waals surface area contributed by atoms with Crippen molar-refractivity contribution in [3.8, 4) is 0 Å². The molecule has 0 bridgehead atoms. The van der Waals surface area contributed by atoms with Gasteiger partial charge in [-0.05, 0) is 18.1 Å². The van der Waals surface area contributed by atoms with Gasteiger partial charge in [0, 0.05) is 49.3 Å². The summed E-state index contributed by atoms with van der Waals surface area (Å²) in [6.45, 7) is 1.43. The number of fused-ring (bicyclic) bond motifs is 2. The molecular formula is C18H17F3N4O. The molecule has 0 spiro atoms. The number of hydrogen-bond donors (Lipinski definition) is 1. The SMILES string of the molecule is Cn1cc(CN2CCc3c(nc(C(F)(F)F)[nH]c3=O)C2)c2ccccc21. The molecule has 3 heterocycles. The van der Waals surface area contributed by atoms with E-state index >= 15 is 0 Å². The van der Waals surface area contributed by atoms with Crippen LogP contribution in [0.1, 0.15) is 22.6 Å². The Balaban J connectivity index is 1.64. The summed E-state index contributed by atoms with van der Waals surface area (Å²) in [5.41, 5.74) is 2.09. The van der Waals surface area contributed by atoms with Crippen LogP contribution in [-0.4, -0.2) is 26.0 Å². The van der Waals surface area contributed by atoms with Gasteiger partial charge in [-0.15, -0.1) is 0 Å². The highest BCUT2D eigenvalue weighted by Crippen LogP contribution is 2.27. The zero-order chi connectivity index (χ0) is 18.5. The lowest BCUT2D eigenvalue weighted by Crippen LogP contribution is -2.36. The van der Waals surface area contributed by atoms with E-state index in [-0.39, 0.29) is 12.2 Å². The van der Waals surface area contributed by atoms with Gasteiger partial charge < -0.3 is 9.55 Å². The number of aromatic nitrogens is 3. The van der Waals surface area contributed by atoms with E-state index in [1.54, 1.807) is 0 Å². The van der Waals surface area contributed by atoms with Crippen LogP contribution in [0.5, 0.6) is 0 Å². The molecule has 26 heavy (non-hydrogen) atoms. The highest BCUT2D eigenvalue weighted by molar-refractivity contribution is 5.83. The predicted molar refractivity (Wildman–Crippen MR) is 90.6 cm³/mol. The smallest absolute Gasteiger partial charge is 0.350 e. The summed E-state index contributed by atoms with van der Waals surface area (Å²) in [6.07, 6.45) is -2.24. The summed E-state index contributed by atoms with van der Waals surface area (Å²) < 4.78 is 40.8. The lowest BCUT2D eigenvalue weighted by Gasteiger charge is -2.27. The van der Waals surface area contributed by atoms with E-state index in [1.165, 1.54) is 0 Å². The van der Waals surface area contributed by atoms with Gasteiger partial charge in [0.2, 0.25) is 5.82 Å². The number of nitrogens with zero attached hydrogens (tertiary/aromatic N) is 3. The number of aryl methyl sites for hydroxylation is 1. The highest BCUT2D eigenvalue weighted by atomic mass is 19.4. The minimum Gasteiger partial charge on any atom is -0.350 e. The molecule has 0 atom stereocenters. The van der Waals surface area contributed by atoms with Crippen molar-refractivity contribution in [2.45, 2.75) is 25.7 Å². The zero-order valence-electron chi connectivity index (χ0n) is 14.1. The van der Waals surface area contributed by atoms with Crippen molar-refractivity contribution in [1.82, 2.24) is 19.4 Å². The number of aromatic amines is 1. The monoisotopic (exact) mass is 362 g/mol. The average Bonchev–Trinajstić information content (AvgIpc) is 2.90. The van der Waals surface area contributed by atoms with Gasteiger partial charge in [-0.1, -0.05) is 18.2 Å². The molecule has 1 aliphatic heterocycles.